The molecule has 1 aromatic rings. The van der Waals surface area contributed by atoms with Gasteiger partial charge in [0.15, 0.2) is 0 Å². The molecule has 1 aliphatic heterocycles. The summed E-state index contributed by atoms with van der Waals surface area (Å²) in [7, 11) is 3.52. The van der Waals surface area contributed by atoms with Gasteiger partial charge in [0.2, 0.25) is 0 Å². The van der Waals surface area contributed by atoms with Crippen molar-refractivity contribution >= 4 is 5.69 Å². The standard InChI is InChI=1S/C17H28N2O2/c1-20-11-9-18-12-15-5-7-17(8-6-15)19-10-3-4-16(13-19)14-21-2/h5-8,16,18H,3-4,9-14H2,1-2H3. The van der Waals surface area contributed by atoms with Gasteiger partial charge in [-0.2, -0.15) is 0 Å². The third kappa shape index (κ3) is 5.30. The van der Waals surface area contributed by atoms with Crippen molar-refractivity contribution < 1.29 is 9.47 Å². The Kier molecular flexibility index (Phi) is 7.00. The SMILES string of the molecule is COCCNCc1ccc(N2CCCC(COC)C2)cc1. The molecule has 0 amide bonds. The largest absolute Gasteiger partial charge is 0.384 e. The van der Waals surface area contributed by atoms with Crippen LogP contribution in [-0.2, 0) is 16.0 Å². The monoisotopic (exact) mass is 292 g/mol. The molecule has 1 heterocycles. The number of piperidine rings is 1. The van der Waals surface area contributed by atoms with E-state index in [1.165, 1.54) is 24.1 Å². The highest BCUT2D eigenvalue weighted by molar-refractivity contribution is 5.48. The van der Waals surface area contributed by atoms with Gasteiger partial charge in [0.1, 0.15) is 0 Å². The zero-order chi connectivity index (χ0) is 14.9. The van der Waals surface area contributed by atoms with Crippen LogP contribution in [0, 0.1) is 5.92 Å². The van der Waals surface area contributed by atoms with Crippen molar-refractivity contribution in [3.8, 4) is 0 Å². The van der Waals surface area contributed by atoms with E-state index in [0.717, 1.165) is 39.4 Å². The first-order valence-corrected chi connectivity index (χ1v) is 7.86. The van der Waals surface area contributed by atoms with Crippen molar-refractivity contribution in [2.75, 3.05) is 52.0 Å². The Labute approximate surface area is 128 Å². The fourth-order valence-corrected chi connectivity index (χ4v) is 2.90. The van der Waals surface area contributed by atoms with Crippen molar-refractivity contribution in [3.05, 3.63) is 29.8 Å². The Morgan fingerprint density at radius 1 is 1.19 bits per heavy atom. The van der Waals surface area contributed by atoms with Gasteiger partial charge in [0.25, 0.3) is 0 Å². The third-order valence-electron chi connectivity index (χ3n) is 4.03. The van der Waals surface area contributed by atoms with E-state index < -0.39 is 0 Å². The molecule has 0 aromatic heterocycles. The second-order valence-electron chi connectivity index (χ2n) is 5.75. The molecule has 1 saturated heterocycles. The highest BCUT2D eigenvalue weighted by atomic mass is 16.5. The first-order valence-electron chi connectivity index (χ1n) is 7.86. The van der Waals surface area contributed by atoms with Crippen molar-refractivity contribution in [1.29, 1.82) is 0 Å². The Balaban J connectivity index is 1.83. The number of methoxy groups -OCH3 is 2. The maximum absolute atomic E-state index is 5.30. The second kappa shape index (κ2) is 9.03. The lowest BCUT2D eigenvalue weighted by Crippen LogP contribution is -2.37. The first-order chi connectivity index (χ1) is 10.3. The van der Waals surface area contributed by atoms with Gasteiger partial charge in [-0.15, -0.1) is 0 Å². The average molecular weight is 292 g/mol. The van der Waals surface area contributed by atoms with Gasteiger partial charge in [-0.05, 0) is 36.5 Å². The predicted octanol–water partition coefficient (Wildman–Crippen LogP) is 2.29. The molecule has 4 nitrogen and oxygen atoms in total. The van der Waals surface area contributed by atoms with E-state index in [2.05, 4.69) is 34.5 Å². The number of benzene rings is 1. The summed E-state index contributed by atoms with van der Waals surface area (Å²) in [6.07, 6.45) is 2.54. The van der Waals surface area contributed by atoms with Gasteiger partial charge in [-0.1, -0.05) is 12.1 Å². The number of nitrogens with one attached hydrogen (secondary N) is 1. The van der Waals surface area contributed by atoms with Crippen LogP contribution in [0.15, 0.2) is 24.3 Å². The minimum atomic E-state index is 0.666. The fraction of sp³-hybridized carbons (Fsp3) is 0.647. The summed E-state index contributed by atoms with van der Waals surface area (Å²) in [5.41, 5.74) is 2.65. The van der Waals surface area contributed by atoms with Gasteiger partial charge in [-0.3, -0.25) is 0 Å². The molecule has 21 heavy (non-hydrogen) atoms. The fourth-order valence-electron chi connectivity index (χ4n) is 2.90. The van der Waals surface area contributed by atoms with Gasteiger partial charge in [-0.25, -0.2) is 0 Å². The van der Waals surface area contributed by atoms with Crippen LogP contribution in [0.5, 0.6) is 0 Å². The average Bonchev–Trinajstić information content (AvgIpc) is 2.53. The molecule has 0 radical (unpaired) electrons. The van der Waals surface area contributed by atoms with E-state index in [1.54, 1.807) is 14.2 Å². The van der Waals surface area contributed by atoms with E-state index in [-0.39, 0.29) is 0 Å². The molecule has 2 rings (SSSR count). The number of hydrogen-bond donors (Lipinski definition) is 1. The summed E-state index contributed by atoms with van der Waals surface area (Å²) in [6.45, 7) is 5.69. The summed E-state index contributed by atoms with van der Waals surface area (Å²) < 4.78 is 10.3. The Morgan fingerprint density at radius 2 is 2.00 bits per heavy atom. The summed E-state index contributed by atoms with van der Waals surface area (Å²) in [5, 5.41) is 3.37. The van der Waals surface area contributed by atoms with E-state index >= 15 is 0 Å². The van der Waals surface area contributed by atoms with Crippen LogP contribution in [0.2, 0.25) is 0 Å². The molecule has 1 N–H and O–H groups in total. The molecule has 0 aliphatic carbocycles. The number of nitrogens with zero attached hydrogens (tertiary/aromatic N) is 1. The van der Waals surface area contributed by atoms with Gasteiger partial charge in [0, 0.05) is 46.1 Å². The van der Waals surface area contributed by atoms with Crippen molar-refractivity contribution in [2.45, 2.75) is 19.4 Å². The van der Waals surface area contributed by atoms with Crippen LogP contribution < -0.4 is 10.2 Å². The summed E-state index contributed by atoms with van der Waals surface area (Å²) in [4.78, 5) is 2.48. The van der Waals surface area contributed by atoms with Crippen LogP contribution in [0.4, 0.5) is 5.69 Å². The smallest absolute Gasteiger partial charge is 0.0587 e. The van der Waals surface area contributed by atoms with Crippen LogP contribution in [-0.4, -0.2) is 47.1 Å². The number of rotatable bonds is 8. The molecule has 4 heteroatoms. The highest BCUT2D eigenvalue weighted by Gasteiger charge is 2.19. The van der Waals surface area contributed by atoms with Gasteiger partial charge in [0.05, 0.1) is 13.2 Å². The van der Waals surface area contributed by atoms with E-state index in [1.807, 2.05) is 0 Å². The topological polar surface area (TPSA) is 33.7 Å². The summed E-state index contributed by atoms with van der Waals surface area (Å²) in [5.74, 6) is 0.666. The van der Waals surface area contributed by atoms with E-state index in [0.29, 0.717) is 5.92 Å². The number of ether oxygens (including phenoxy) is 2. The quantitative estimate of drug-likeness (QED) is 0.745. The molecular weight excluding hydrogens is 264 g/mol. The zero-order valence-electron chi connectivity index (χ0n) is 13.3. The van der Waals surface area contributed by atoms with Crippen molar-refractivity contribution in [1.82, 2.24) is 5.32 Å². The van der Waals surface area contributed by atoms with E-state index in [4.69, 9.17) is 9.47 Å². The Hall–Kier alpha value is -1.10. The summed E-state index contributed by atoms with van der Waals surface area (Å²) in [6, 6.07) is 8.91. The lowest BCUT2D eigenvalue weighted by Gasteiger charge is -2.34. The third-order valence-corrected chi connectivity index (χ3v) is 4.03. The lowest BCUT2D eigenvalue weighted by atomic mass is 9.98. The maximum Gasteiger partial charge on any atom is 0.0587 e. The van der Waals surface area contributed by atoms with Crippen LogP contribution >= 0.6 is 0 Å². The molecule has 0 saturated carbocycles. The van der Waals surface area contributed by atoms with Crippen molar-refractivity contribution in [3.63, 3.8) is 0 Å². The maximum atomic E-state index is 5.30. The van der Waals surface area contributed by atoms with Crippen molar-refractivity contribution in [2.24, 2.45) is 5.92 Å². The first kappa shape index (κ1) is 16.3. The molecule has 1 aromatic carbocycles. The lowest BCUT2D eigenvalue weighted by molar-refractivity contribution is 0.143. The molecule has 0 bridgehead atoms. The molecule has 1 atom stereocenters. The minimum Gasteiger partial charge on any atom is -0.384 e. The molecule has 0 spiro atoms. The Bertz CT molecular complexity index is 392. The molecule has 1 fully saturated rings. The molecule has 1 aliphatic rings. The molecular formula is C17H28N2O2. The normalized spacial score (nSPS) is 19.0. The van der Waals surface area contributed by atoms with Crippen LogP contribution in [0.3, 0.4) is 0 Å². The van der Waals surface area contributed by atoms with Gasteiger partial charge < -0.3 is 19.7 Å². The number of hydrogen-bond acceptors (Lipinski definition) is 4. The molecule has 118 valence electrons. The zero-order valence-corrected chi connectivity index (χ0v) is 13.3. The highest BCUT2D eigenvalue weighted by Crippen LogP contribution is 2.23. The predicted molar refractivity (Wildman–Crippen MR) is 86.8 cm³/mol. The van der Waals surface area contributed by atoms with Crippen LogP contribution in [0.1, 0.15) is 18.4 Å². The second-order valence-corrected chi connectivity index (χ2v) is 5.75. The Morgan fingerprint density at radius 3 is 2.71 bits per heavy atom. The van der Waals surface area contributed by atoms with E-state index in [9.17, 15) is 0 Å². The summed E-state index contributed by atoms with van der Waals surface area (Å²) >= 11 is 0. The van der Waals surface area contributed by atoms with Crippen LogP contribution in [0.25, 0.3) is 0 Å². The molecule has 1 unspecified atom stereocenters. The minimum absolute atomic E-state index is 0.666. The number of anilines is 1. The van der Waals surface area contributed by atoms with Gasteiger partial charge >= 0.3 is 0 Å².